The van der Waals surface area contributed by atoms with Crippen molar-refractivity contribution in [2.45, 2.75) is 5.09 Å². The summed E-state index contributed by atoms with van der Waals surface area (Å²) in [5.74, 6) is -1.82. The highest BCUT2D eigenvalue weighted by Crippen LogP contribution is 2.28. The number of nitrogens with one attached hydrogen (secondary N) is 1. The van der Waals surface area contributed by atoms with E-state index in [9.17, 15) is 13.2 Å². The van der Waals surface area contributed by atoms with Crippen LogP contribution in [0.2, 0.25) is 5.02 Å². The molecule has 0 atom stereocenters. The van der Waals surface area contributed by atoms with Crippen molar-refractivity contribution in [3.8, 4) is 0 Å². The van der Waals surface area contributed by atoms with Gasteiger partial charge in [0.2, 0.25) is 10.9 Å². The number of hydrogen-bond donors (Lipinski definition) is 2. The van der Waals surface area contributed by atoms with Crippen LogP contribution < -0.4 is 4.72 Å². The predicted molar refractivity (Wildman–Crippen MR) is 75.6 cm³/mol. The van der Waals surface area contributed by atoms with Crippen LogP contribution in [0.4, 0.5) is 5.69 Å². The van der Waals surface area contributed by atoms with Crippen molar-refractivity contribution in [2.75, 3.05) is 4.72 Å². The van der Waals surface area contributed by atoms with E-state index in [0.29, 0.717) is 4.47 Å². The number of anilines is 1. The molecule has 0 radical (unpaired) electrons. The van der Waals surface area contributed by atoms with E-state index in [1.807, 2.05) is 0 Å². The summed E-state index contributed by atoms with van der Waals surface area (Å²) >= 11 is 9.09. The highest BCUT2D eigenvalue weighted by atomic mass is 79.9. The Morgan fingerprint density at radius 2 is 2.00 bits per heavy atom. The lowest BCUT2D eigenvalue weighted by Gasteiger charge is -2.07. The zero-order valence-electron chi connectivity index (χ0n) is 9.63. The number of halogens is 2. The van der Waals surface area contributed by atoms with E-state index in [2.05, 4.69) is 20.7 Å². The Morgan fingerprint density at radius 1 is 1.30 bits per heavy atom. The lowest BCUT2D eigenvalue weighted by atomic mass is 10.3. The number of carbonyl (C=O) groups is 1. The number of furan rings is 1. The lowest BCUT2D eigenvalue weighted by molar-refractivity contribution is 0.0656. The molecule has 0 aliphatic rings. The molecular formula is C11H7BrClNO5S. The van der Waals surface area contributed by atoms with Crippen LogP contribution in [0.1, 0.15) is 10.6 Å². The molecular weight excluding hydrogens is 374 g/mol. The van der Waals surface area contributed by atoms with Crippen LogP contribution in [0, 0.1) is 0 Å². The second kappa shape index (κ2) is 5.47. The fourth-order valence-electron chi connectivity index (χ4n) is 1.35. The van der Waals surface area contributed by atoms with Gasteiger partial charge in [0, 0.05) is 4.47 Å². The lowest BCUT2D eigenvalue weighted by Crippen LogP contribution is -2.12. The van der Waals surface area contributed by atoms with Crippen molar-refractivity contribution in [2.24, 2.45) is 0 Å². The van der Waals surface area contributed by atoms with Crippen molar-refractivity contribution in [1.29, 1.82) is 0 Å². The molecule has 0 aliphatic heterocycles. The summed E-state index contributed by atoms with van der Waals surface area (Å²) in [5.41, 5.74) is 0.156. The second-order valence-electron chi connectivity index (χ2n) is 3.65. The van der Waals surface area contributed by atoms with E-state index in [0.717, 1.165) is 12.1 Å². The highest BCUT2D eigenvalue weighted by Gasteiger charge is 2.22. The van der Waals surface area contributed by atoms with Gasteiger partial charge in [-0.05, 0) is 30.3 Å². The zero-order chi connectivity index (χ0) is 14.9. The van der Waals surface area contributed by atoms with Gasteiger partial charge in [-0.15, -0.1) is 0 Å². The summed E-state index contributed by atoms with van der Waals surface area (Å²) in [6.45, 7) is 0. The molecule has 2 N–H and O–H groups in total. The maximum absolute atomic E-state index is 12.0. The van der Waals surface area contributed by atoms with Gasteiger partial charge in [-0.3, -0.25) is 4.72 Å². The first-order chi connectivity index (χ1) is 9.29. The number of sulfonamides is 1. The van der Waals surface area contributed by atoms with Crippen LogP contribution in [-0.2, 0) is 10.0 Å². The second-order valence-corrected chi connectivity index (χ2v) is 6.59. The molecule has 106 valence electrons. The number of carboxylic acid groups (broad SMARTS) is 1. The van der Waals surface area contributed by atoms with Crippen LogP contribution in [0.5, 0.6) is 0 Å². The minimum absolute atomic E-state index is 0.156. The van der Waals surface area contributed by atoms with E-state index in [4.69, 9.17) is 21.1 Å². The van der Waals surface area contributed by atoms with Crippen molar-refractivity contribution in [3.05, 3.63) is 45.6 Å². The summed E-state index contributed by atoms with van der Waals surface area (Å²) in [6, 6.07) is 6.70. The van der Waals surface area contributed by atoms with Gasteiger partial charge in [0.25, 0.3) is 10.0 Å². The average Bonchev–Trinajstić information content (AvgIpc) is 2.83. The van der Waals surface area contributed by atoms with Crippen molar-refractivity contribution < 1.29 is 22.7 Å². The smallest absolute Gasteiger partial charge is 0.371 e. The Balaban J connectivity index is 2.33. The first kappa shape index (κ1) is 14.9. The Morgan fingerprint density at radius 3 is 2.55 bits per heavy atom. The summed E-state index contributed by atoms with van der Waals surface area (Å²) in [4.78, 5) is 10.7. The molecule has 0 saturated carbocycles. The van der Waals surface area contributed by atoms with Gasteiger partial charge in [0.1, 0.15) is 0 Å². The van der Waals surface area contributed by atoms with Gasteiger partial charge < -0.3 is 9.52 Å². The van der Waals surface area contributed by atoms with Gasteiger partial charge in [-0.2, -0.15) is 8.42 Å². The van der Waals surface area contributed by atoms with Gasteiger partial charge in [-0.25, -0.2) is 4.79 Å². The molecule has 6 nitrogen and oxygen atoms in total. The maximum atomic E-state index is 12.0. The largest absolute Gasteiger partial charge is 0.475 e. The molecule has 0 spiro atoms. The molecule has 0 amide bonds. The van der Waals surface area contributed by atoms with Crippen LogP contribution in [-0.4, -0.2) is 19.5 Å². The molecule has 0 saturated heterocycles. The molecule has 2 aromatic rings. The van der Waals surface area contributed by atoms with Gasteiger partial charge in [0.15, 0.2) is 0 Å². The first-order valence-corrected chi connectivity index (χ1v) is 7.76. The van der Waals surface area contributed by atoms with E-state index >= 15 is 0 Å². The normalized spacial score (nSPS) is 11.3. The first-order valence-electron chi connectivity index (χ1n) is 5.10. The fraction of sp³-hybridized carbons (Fsp3) is 0. The Kier molecular flexibility index (Phi) is 4.07. The quantitative estimate of drug-likeness (QED) is 0.849. The molecule has 0 aliphatic carbocycles. The zero-order valence-corrected chi connectivity index (χ0v) is 12.8. The Labute approximate surface area is 127 Å². The monoisotopic (exact) mass is 379 g/mol. The van der Waals surface area contributed by atoms with Crippen molar-refractivity contribution >= 4 is 49.2 Å². The van der Waals surface area contributed by atoms with Crippen LogP contribution in [0.25, 0.3) is 0 Å². The summed E-state index contributed by atoms with van der Waals surface area (Å²) in [7, 11) is -4.04. The minimum atomic E-state index is -4.04. The maximum Gasteiger partial charge on any atom is 0.371 e. The van der Waals surface area contributed by atoms with Crippen LogP contribution in [0.15, 0.2) is 44.3 Å². The SMILES string of the molecule is O=C(O)c1ccc(S(=O)(=O)Nc2ccc(Br)cc2Cl)o1. The Bertz CT molecular complexity index is 771. The molecule has 0 bridgehead atoms. The molecule has 0 fully saturated rings. The minimum Gasteiger partial charge on any atom is -0.475 e. The average molecular weight is 381 g/mol. The number of hydrogen-bond acceptors (Lipinski definition) is 4. The highest BCUT2D eigenvalue weighted by molar-refractivity contribution is 9.10. The van der Waals surface area contributed by atoms with Crippen molar-refractivity contribution in [1.82, 2.24) is 0 Å². The van der Waals surface area contributed by atoms with E-state index in [-0.39, 0.29) is 10.7 Å². The predicted octanol–water partition coefficient (Wildman–Crippen LogP) is 3.19. The third kappa shape index (κ3) is 3.14. The summed E-state index contributed by atoms with van der Waals surface area (Å²) in [6.07, 6.45) is 0. The van der Waals surface area contributed by atoms with E-state index in [1.165, 1.54) is 12.1 Å². The molecule has 1 aromatic heterocycles. The molecule has 1 heterocycles. The fourth-order valence-corrected chi connectivity index (χ4v) is 3.14. The van der Waals surface area contributed by atoms with Gasteiger partial charge in [-0.1, -0.05) is 27.5 Å². The third-order valence-electron chi connectivity index (χ3n) is 2.23. The molecule has 9 heteroatoms. The number of carboxylic acids is 1. The van der Waals surface area contributed by atoms with Gasteiger partial charge >= 0.3 is 5.97 Å². The number of benzene rings is 1. The van der Waals surface area contributed by atoms with E-state index in [1.54, 1.807) is 6.07 Å². The topological polar surface area (TPSA) is 96.6 Å². The van der Waals surface area contributed by atoms with Crippen molar-refractivity contribution in [3.63, 3.8) is 0 Å². The van der Waals surface area contributed by atoms with E-state index < -0.39 is 26.8 Å². The molecule has 2 rings (SSSR count). The van der Waals surface area contributed by atoms with Crippen LogP contribution in [0.3, 0.4) is 0 Å². The molecule has 20 heavy (non-hydrogen) atoms. The number of aromatic carboxylic acids is 1. The summed E-state index contributed by atoms with van der Waals surface area (Å²) < 4.78 is 31.7. The molecule has 0 unspecified atom stereocenters. The Hall–Kier alpha value is -1.51. The standard InChI is InChI=1S/C11H7BrClNO5S/c12-6-1-2-8(7(13)5-6)14-20(17,18)10-4-3-9(19-10)11(15)16/h1-5,14H,(H,15,16). The van der Waals surface area contributed by atoms with Gasteiger partial charge in [0.05, 0.1) is 10.7 Å². The third-order valence-corrected chi connectivity index (χ3v) is 4.28. The number of rotatable bonds is 4. The summed E-state index contributed by atoms with van der Waals surface area (Å²) in [5, 5.41) is 8.38. The molecule has 1 aromatic carbocycles. The van der Waals surface area contributed by atoms with Crippen LogP contribution >= 0.6 is 27.5 Å².